The molecule has 0 heterocycles. The molecule has 0 N–H and O–H groups in total. The molecule has 4 heteroatoms. The molecule has 0 fully saturated rings. The maximum atomic E-state index is 3.80. The summed E-state index contributed by atoms with van der Waals surface area (Å²) >= 11 is 0. The summed E-state index contributed by atoms with van der Waals surface area (Å²) in [5.74, 6) is 3.49. The molecule has 0 saturated heterocycles. The van der Waals surface area contributed by atoms with Crippen molar-refractivity contribution in [3.63, 3.8) is 0 Å². The van der Waals surface area contributed by atoms with Gasteiger partial charge in [-0.1, -0.05) is 146 Å². The molecule has 46 heavy (non-hydrogen) atoms. The van der Waals surface area contributed by atoms with Gasteiger partial charge in [-0.2, -0.15) is 52.4 Å². The second-order valence-electron chi connectivity index (χ2n) is 12.0. The van der Waals surface area contributed by atoms with Crippen molar-refractivity contribution in [2.75, 3.05) is 0 Å². The van der Waals surface area contributed by atoms with E-state index in [0.29, 0.717) is 0 Å². The second-order valence-corrected chi connectivity index (χ2v) is 12.0. The zero-order chi connectivity index (χ0) is 35.0. The third kappa shape index (κ3) is 189. The summed E-state index contributed by atoms with van der Waals surface area (Å²) < 4.78 is 0. The monoisotopic (exact) mass is 1330 g/mol. The molecule has 0 spiro atoms. The first kappa shape index (κ1) is 82.3. The predicted molar refractivity (Wildman–Crippen MR) is 208 cm³/mol. The van der Waals surface area contributed by atoms with E-state index in [1.807, 2.05) is 13.8 Å². The minimum absolute atomic E-state index is 0. The van der Waals surface area contributed by atoms with Crippen molar-refractivity contribution < 1.29 is 84.3 Å². The molecule has 0 aromatic heterocycles. The molecule has 0 amide bonds. The molecule has 0 nitrogen and oxygen atoms in total. The van der Waals surface area contributed by atoms with Crippen molar-refractivity contribution in [3.8, 4) is 0 Å². The normalized spacial score (nSPS) is 8.35. The summed E-state index contributed by atoms with van der Waals surface area (Å²) in [5, 5.41) is 0. The molecule has 0 unspecified atom stereocenters. The summed E-state index contributed by atoms with van der Waals surface area (Å²) in [5.41, 5.74) is 0. The van der Waals surface area contributed by atoms with Crippen LogP contribution in [0.4, 0.5) is 0 Å². The van der Waals surface area contributed by atoms with Gasteiger partial charge in [-0.25, -0.2) is 0 Å². The average molecular weight is 1330 g/mol. The van der Waals surface area contributed by atoms with Crippen LogP contribution >= 0.6 is 0 Å². The molecule has 0 aliphatic heterocycles. The van der Waals surface area contributed by atoms with Gasteiger partial charge in [0.1, 0.15) is 0 Å². The Labute approximate surface area is 358 Å². The molecule has 0 aliphatic rings. The van der Waals surface area contributed by atoms with E-state index in [-0.39, 0.29) is 84.3 Å². The molecule has 0 atom stereocenters. The maximum absolute atomic E-state index is 3.80. The quantitative estimate of drug-likeness (QED) is 0.107. The number of hydrogen-bond acceptors (Lipinski definition) is 0. The minimum Gasteiger partial charge on any atom is -0.346 e. The van der Waals surface area contributed by atoms with Crippen molar-refractivity contribution >= 4 is 0 Å². The summed E-state index contributed by atoms with van der Waals surface area (Å²) in [6.45, 7) is 54.2. The van der Waals surface area contributed by atoms with E-state index in [4.69, 9.17) is 0 Å². The molecular weight excluding hydrogens is 1240 g/mol. The smallest absolute Gasteiger partial charge is 0.346 e. The van der Waals surface area contributed by atoms with Crippen LogP contribution in [0.1, 0.15) is 199 Å². The van der Waals surface area contributed by atoms with Gasteiger partial charge < -0.3 is 55.4 Å². The van der Waals surface area contributed by atoms with Crippen LogP contribution in [-0.2, 0) is 84.3 Å². The van der Waals surface area contributed by atoms with Crippen molar-refractivity contribution in [2.24, 2.45) is 23.7 Å². The van der Waals surface area contributed by atoms with Crippen LogP contribution in [0.25, 0.3) is 0 Å². The Morgan fingerprint density at radius 3 is 0.565 bits per heavy atom. The number of unbranched alkanes of at least 4 members (excludes halogenated alkanes) is 8. The molecule has 0 bridgehead atoms. The van der Waals surface area contributed by atoms with Crippen molar-refractivity contribution in [1.29, 1.82) is 0 Å². The van der Waals surface area contributed by atoms with Crippen LogP contribution < -0.4 is 0 Å². The van der Waals surface area contributed by atoms with Gasteiger partial charge in [-0.05, 0) is 23.7 Å². The van der Waals surface area contributed by atoms with E-state index < -0.39 is 0 Å². The summed E-state index contributed by atoms with van der Waals surface area (Å²) in [6, 6.07) is 0. The van der Waals surface area contributed by atoms with E-state index in [1.54, 1.807) is 13.8 Å². The standard InChI is InChI=1S/2C9H19.2C7H15.2C3H7.2C2H5.4W/c2*1-4-5-6-7-8-9(2)3;2*1-4-5-6-7(2)3;2*1-3-2;2*1-2;;;;/h2*9H,1,4-8H2,2-3H3;2*7H,1,4-6H2,2-3H3;2*1,3H2,2H3;2*1H2,2H3;;;;/q8*-1;4*+2. The molecule has 0 aromatic carbocycles. The number of hydrogen-bond donors (Lipinski definition) is 0. The third-order valence-electron chi connectivity index (χ3n) is 5.13. The minimum atomic E-state index is 0. The van der Waals surface area contributed by atoms with E-state index >= 15 is 0 Å². The van der Waals surface area contributed by atoms with E-state index in [1.165, 1.54) is 77.0 Å². The Balaban J connectivity index is -0.0000000299. The van der Waals surface area contributed by atoms with Crippen molar-refractivity contribution in [1.82, 2.24) is 0 Å². The zero-order valence-electron chi connectivity index (χ0n) is 34.3. The first-order valence-electron chi connectivity index (χ1n) is 18.1. The van der Waals surface area contributed by atoms with Gasteiger partial charge in [-0.3, -0.25) is 0 Å². The number of rotatable bonds is 16. The molecule has 0 rings (SSSR count). The Hall–Kier alpha value is 2.75. The fourth-order valence-electron chi connectivity index (χ4n) is 2.92. The van der Waals surface area contributed by atoms with Crippen LogP contribution in [0.5, 0.6) is 0 Å². The molecule has 0 saturated carbocycles. The molecule has 0 aromatic rings. The predicted octanol–water partition coefficient (Wildman–Crippen LogP) is 16.3. The SMILES string of the molecule is [CH2-]C.[CH2-]C.[CH2-]CC.[CH2-]CC.[CH2-]CCCC(C)C.[CH2-]CCCC(C)C.[CH2-]CCCCCC(C)C.[CH2-]CCCCCC(C)C.[W+2].[W+2].[W+2].[W+2]. The largest absolute Gasteiger partial charge is 2.00 e. The maximum Gasteiger partial charge on any atom is 2.00 e. The summed E-state index contributed by atoms with van der Waals surface area (Å²) in [6.07, 6.45) is 22.6. The van der Waals surface area contributed by atoms with Crippen LogP contribution in [0.15, 0.2) is 0 Å². The van der Waals surface area contributed by atoms with E-state index in [2.05, 4.69) is 111 Å². The topological polar surface area (TPSA) is 0 Å². The van der Waals surface area contributed by atoms with Gasteiger partial charge in [0.25, 0.3) is 0 Å². The van der Waals surface area contributed by atoms with Gasteiger partial charge in [-0.15, -0.1) is 0 Å². The van der Waals surface area contributed by atoms with Crippen LogP contribution in [0.2, 0.25) is 0 Å². The fraction of sp³-hybridized carbons (Fsp3) is 0.810. The first-order valence-corrected chi connectivity index (χ1v) is 18.1. The van der Waals surface area contributed by atoms with Crippen molar-refractivity contribution in [3.05, 3.63) is 55.4 Å². The third-order valence-corrected chi connectivity index (χ3v) is 5.13. The van der Waals surface area contributed by atoms with Gasteiger partial charge in [0.15, 0.2) is 0 Å². The Kier molecular flexibility index (Phi) is 174. The second kappa shape index (κ2) is 97.3. The fourth-order valence-corrected chi connectivity index (χ4v) is 2.92. The van der Waals surface area contributed by atoms with E-state index in [9.17, 15) is 0 Å². The Morgan fingerprint density at radius 1 is 0.304 bits per heavy atom. The first-order chi connectivity index (χ1) is 19.9. The van der Waals surface area contributed by atoms with Crippen molar-refractivity contribution in [2.45, 2.75) is 199 Å². The van der Waals surface area contributed by atoms with Gasteiger partial charge in [0, 0.05) is 0 Å². The van der Waals surface area contributed by atoms with Gasteiger partial charge in [0.2, 0.25) is 0 Å². The molecule has 0 radical (unpaired) electrons. The Bertz CT molecular complexity index is 276. The zero-order valence-corrected chi connectivity index (χ0v) is 46.1. The average Bonchev–Trinajstić information content (AvgIpc) is 2.95. The molecule has 284 valence electrons. The van der Waals surface area contributed by atoms with Crippen LogP contribution in [0, 0.1) is 79.1 Å². The van der Waals surface area contributed by atoms with Gasteiger partial charge >= 0.3 is 84.3 Å². The van der Waals surface area contributed by atoms with E-state index in [0.717, 1.165) is 62.2 Å². The van der Waals surface area contributed by atoms with Gasteiger partial charge in [0.05, 0.1) is 0 Å². The summed E-state index contributed by atoms with van der Waals surface area (Å²) in [4.78, 5) is 0. The molecule has 0 aliphatic carbocycles. The van der Waals surface area contributed by atoms with Crippen LogP contribution in [0.3, 0.4) is 0 Å². The van der Waals surface area contributed by atoms with Crippen LogP contribution in [-0.4, -0.2) is 0 Å². The Morgan fingerprint density at radius 2 is 0.457 bits per heavy atom. The summed E-state index contributed by atoms with van der Waals surface area (Å²) in [7, 11) is 0. The molecular formula is C42H92W4.